The fraction of sp³-hybridized carbons (Fsp3) is 0.909. The van der Waals surface area contributed by atoms with Gasteiger partial charge in [-0.05, 0) is 0 Å². The average molecular weight is 234 g/mol. The van der Waals surface area contributed by atoms with Crippen molar-refractivity contribution in [1.29, 1.82) is 0 Å². The monoisotopic (exact) mass is 234 g/mol. The van der Waals surface area contributed by atoms with Crippen LogP contribution < -0.4 is 10.6 Å². The Morgan fingerprint density at radius 2 is 2.12 bits per heavy atom. The second-order valence-corrected chi connectivity index (χ2v) is 3.94. The highest BCUT2D eigenvalue weighted by Gasteiger charge is 2.07. The molecule has 0 aromatic rings. The molecule has 0 saturated heterocycles. The Morgan fingerprint density at radius 1 is 1.44 bits per heavy atom. The zero-order valence-corrected chi connectivity index (χ0v) is 10.4. The van der Waals surface area contributed by atoms with E-state index in [1.54, 1.807) is 6.92 Å². The standard InChI is InChI=1S/C11H23FN2O2/c1-4-11(15)14-7-10(12)8-16-6-5-13-9(2)3/h9-10,13H,4-8H2,1-3H3,(H,14,15). The first-order valence-electron chi connectivity index (χ1n) is 5.78. The second-order valence-electron chi connectivity index (χ2n) is 3.94. The van der Waals surface area contributed by atoms with Crippen LogP contribution in [0.1, 0.15) is 27.2 Å². The molecule has 0 spiro atoms. The van der Waals surface area contributed by atoms with Crippen LogP contribution in [0.3, 0.4) is 0 Å². The molecule has 0 aliphatic heterocycles. The first-order chi connectivity index (χ1) is 7.56. The van der Waals surface area contributed by atoms with Crippen LogP contribution >= 0.6 is 0 Å². The summed E-state index contributed by atoms with van der Waals surface area (Å²) in [6.45, 7) is 7.08. The minimum Gasteiger partial charge on any atom is -0.377 e. The molecule has 0 fully saturated rings. The molecule has 16 heavy (non-hydrogen) atoms. The van der Waals surface area contributed by atoms with Gasteiger partial charge in [0.1, 0.15) is 6.17 Å². The third kappa shape index (κ3) is 9.86. The summed E-state index contributed by atoms with van der Waals surface area (Å²) in [4.78, 5) is 10.8. The molecule has 0 radical (unpaired) electrons. The lowest BCUT2D eigenvalue weighted by Gasteiger charge is -2.11. The largest absolute Gasteiger partial charge is 0.377 e. The van der Waals surface area contributed by atoms with Crippen molar-refractivity contribution in [3.63, 3.8) is 0 Å². The maximum Gasteiger partial charge on any atom is 0.219 e. The van der Waals surface area contributed by atoms with E-state index in [0.29, 0.717) is 25.6 Å². The summed E-state index contributed by atoms with van der Waals surface area (Å²) in [5.41, 5.74) is 0. The van der Waals surface area contributed by atoms with Crippen molar-refractivity contribution >= 4 is 5.91 Å². The van der Waals surface area contributed by atoms with Gasteiger partial charge in [-0.3, -0.25) is 4.79 Å². The van der Waals surface area contributed by atoms with Crippen LogP contribution in [-0.2, 0) is 9.53 Å². The smallest absolute Gasteiger partial charge is 0.219 e. The van der Waals surface area contributed by atoms with Gasteiger partial charge >= 0.3 is 0 Å². The molecule has 0 rings (SSSR count). The molecule has 0 saturated carbocycles. The predicted octanol–water partition coefficient (Wildman–Crippen LogP) is 0.865. The number of amides is 1. The molecule has 0 aromatic carbocycles. The van der Waals surface area contributed by atoms with Gasteiger partial charge in [0.05, 0.1) is 19.8 Å². The normalized spacial score (nSPS) is 12.8. The summed E-state index contributed by atoms with van der Waals surface area (Å²) in [6, 6.07) is 0.411. The lowest BCUT2D eigenvalue weighted by Crippen LogP contribution is -2.33. The fourth-order valence-corrected chi connectivity index (χ4v) is 1.04. The van der Waals surface area contributed by atoms with E-state index in [0.717, 1.165) is 0 Å². The molecule has 0 aliphatic rings. The number of rotatable bonds is 9. The van der Waals surface area contributed by atoms with E-state index in [4.69, 9.17) is 4.74 Å². The Bertz CT molecular complexity index is 189. The topological polar surface area (TPSA) is 50.4 Å². The van der Waals surface area contributed by atoms with Gasteiger partial charge in [-0.1, -0.05) is 20.8 Å². The summed E-state index contributed by atoms with van der Waals surface area (Å²) < 4.78 is 18.2. The Hall–Kier alpha value is -0.680. The van der Waals surface area contributed by atoms with Gasteiger partial charge < -0.3 is 15.4 Å². The maximum absolute atomic E-state index is 13.1. The summed E-state index contributed by atoms with van der Waals surface area (Å²) in [5.74, 6) is -0.135. The third-order valence-electron chi connectivity index (χ3n) is 1.94. The molecule has 1 amide bonds. The number of carbonyl (C=O) groups excluding carboxylic acids is 1. The fourth-order valence-electron chi connectivity index (χ4n) is 1.04. The zero-order valence-electron chi connectivity index (χ0n) is 10.4. The predicted molar refractivity (Wildman–Crippen MR) is 62.2 cm³/mol. The molecular weight excluding hydrogens is 211 g/mol. The highest BCUT2D eigenvalue weighted by atomic mass is 19.1. The number of carbonyl (C=O) groups is 1. The minimum absolute atomic E-state index is 0.0315. The molecule has 4 nitrogen and oxygen atoms in total. The molecule has 0 aromatic heterocycles. The lowest BCUT2D eigenvalue weighted by molar-refractivity contribution is -0.121. The molecule has 96 valence electrons. The van der Waals surface area contributed by atoms with E-state index in [-0.39, 0.29) is 19.1 Å². The zero-order chi connectivity index (χ0) is 12.4. The average Bonchev–Trinajstić information content (AvgIpc) is 2.24. The third-order valence-corrected chi connectivity index (χ3v) is 1.94. The van der Waals surface area contributed by atoms with Crippen molar-refractivity contribution in [3.05, 3.63) is 0 Å². The molecule has 5 heteroatoms. The minimum atomic E-state index is -1.13. The number of nitrogens with one attached hydrogen (secondary N) is 2. The number of halogens is 1. The Morgan fingerprint density at radius 3 is 2.69 bits per heavy atom. The quantitative estimate of drug-likeness (QED) is 0.582. The van der Waals surface area contributed by atoms with E-state index < -0.39 is 6.17 Å². The van der Waals surface area contributed by atoms with Crippen molar-refractivity contribution in [2.75, 3.05) is 26.3 Å². The van der Waals surface area contributed by atoms with Crippen LogP contribution in [0.15, 0.2) is 0 Å². The van der Waals surface area contributed by atoms with Crippen molar-refractivity contribution in [2.45, 2.75) is 39.4 Å². The van der Waals surface area contributed by atoms with Gasteiger partial charge in [-0.15, -0.1) is 0 Å². The van der Waals surface area contributed by atoms with E-state index in [9.17, 15) is 9.18 Å². The summed E-state index contributed by atoms with van der Waals surface area (Å²) in [7, 11) is 0. The SMILES string of the molecule is CCC(=O)NCC(F)COCCNC(C)C. The molecule has 0 aliphatic carbocycles. The van der Waals surface area contributed by atoms with E-state index in [1.807, 2.05) is 13.8 Å². The highest BCUT2D eigenvalue weighted by Crippen LogP contribution is 1.91. The Kier molecular flexibility index (Phi) is 9.13. The number of ether oxygens (including phenoxy) is 1. The van der Waals surface area contributed by atoms with Gasteiger partial charge in [0.2, 0.25) is 5.91 Å². The van der Waals surface area contributed by atoms with E-state index >= 15 is 0 Å². The molecule has 2 N–H and O–H groups in total. The summed E-state index contributed by atoms with van der Waals surface area (Å²) >= 11 is 0. The van der Waals surface area contributed by atoms with Gasteiger partial charge in [0, 0.05) is 19.0 Å². The molecule has 1 unspecified atom stereocenters. The van der Waals surface area contributed by atoms with Gasteiger partial charge in [-0.2, -0.15) is 0 Å². The van der Waals surface area contributed by atoms with Crippen LogP contribution in [0, 0.1) is 0 Å². The van der Waals surface area contributed by atoms with E-state index in [1.165, 1.54) is 0 Å². The molecule has 1 atom stereocenters. The number of hydrogen-bond donors (Lipinski definition) is 2. The number of hydrogen-bond acceptors (Lipinski definition) is 3. The maximum atomic E-state index is 13.1. The summed E-state index contributed by atoms with van der Waals surface area (Å²) in [5, 5.41) is 5.64. The lowest BCUT2D eigenvalue weighted by atomic mass is 10.3. The molecule has 0 bridgehead atoms. The van der Waals surface area contributed by atoms with Crippen molar-refractivity contribution in [1.82, 2.24) is 10.6 Å². The first kappa shape index (κ1) is 15.3. The van der Waals surface area contributed by atoms with Crippen molar-refractivity contribution in [3.8, 4) is 0 Å². The van der Waals surface area contributed by atoms with Gasteiger partial charge in [-0.25, -0.2) is 4.39 Å². The van der Waals surface area contributed by atoms with Crippen LogP contribution in [0.4, 0.5) is 4.39 Å². The summed E-state index contributed by atoms with van der Waals surface area (Å²) in [6.07, 6.45) is -0.749. The molecular formula is C11H23FN2O2. The first-order valence-corrected chi connectivity index (χ1v) is 5.78. The number of alkyl halides is 1. The van der Waals surface area contributed by atoms with Gasteiger partial charge in [0.15, 0.2) is 0 Å². The van der Waals surface area contributed by atoms with Crippen LogP contribution in [0.25, 0.3) is 0 Å². The Labute approximate surface area is 96.9 Å². The second kappa shape index (κ2) is 9.54. The van der Waals surface area contributed by atoms with Crippen LogP contribution in [0.2, 0.25) is 0 Å². The molecule has 0 heterocycles. The van der Waals surface area contributed by atoms with E-state index in [2.05, 4.69) is 10.6 Å². The van der Waals surface area contributed by atoms with Crippen LogP contribution in [-0.4, -0.2) is 44.4 Å². The van der Waals surface area contributed by atoms with Gasteiger partial charge in [0.25, 0.3) is 0 Å². The van der Waals surface area contributed by atoms with Crippen molar-refractivity contribution in [2.24, 2.45) is 0 Å². The van der Waals surface area contributed by atoms with Crippen LogP contribution in [0.5, 0.6) is 0 Å². The van der Waals surface area contributed by atoms with Crippen molar-refractivity contribution < 1.29 is 13.9 Å². The highest BCUT2D eigenvalue weighted by molar-refractivity contribution is 5.75. The Balaban J connectivity index is 3.30.